The predicted molar refractivity (Wildman–Crippen MR) is 119 cm³/mol. The van der Waals surface area contributed by atoms with Crippen LogP contribution in [0.2, 0.25) is 0 Å². The van der Waals surface area contributed by atoms with Gasteiger partial charge in [-0.3, -0.25) is 0 Å². The topological polar surface area (TPSA) is 52.3 Å². The summed E-state index contributed by atoms with van der Waals surface area (Å²) in [6.45, 7) is 4.67. The molecule has 0 radical (unpaired) electrons. The molecule has 0 amide bonds. The number of ether oxygens (including phenoxy) is 1. The summed E-state index contributed by atoms with van der Waals surface area (Å²) in [5.41, 5.74) is 3.45. The van der Waals surface area contributed by atoms with E-state index in [1.165, 1.54) is 11.1 Å². The molecule has 3 aromatic carbocycles. The largest absolute Gasteiger partial charge is 0.493 e. The number of aromatic nitrogens is 3. The van der Waals surface area contributed by atoms with Crippen molar-refractivity contribution in [1.29, 1.82) is 0 Å². The van der Waals surface area contributed by atoms with Crippen molar-refractivity contribution in [2.24, 2.45) is 5.10 Å². The molecule has 1 heterocycles. The van der Waals surface area contributed by atoms with Crippen LogP contribution in [0.1, 0.15) is 23.6 Å². The van der Waals surface area contributed by atoms with Gasteiger partial charge in [0, 0.05) is 11.3 Å². The van der Waals surface area contributed by atoms with Crippen LogP contribution >= 0.6 is 11.8 Å². The molecule has 5 nitrogen and oxygen atoms in total. The lowest BCUT2D eigenvalue weighted by molar-refractivity contribution is 0.340. The smallest absolute Gasteiger partial charge is 0.212 e. The highest BCUT2D eigenvalue weighted by Gasteiger charge is 2.08. The van der Waals surface area contributed by atoms with Gasteiger partial charge in [0.25, 0.3) is 0 Å². The number of fused-ring (bicyclic) bond motifs is 1. The Labute approximate surface area is 174 Å². The molecule has 0 unspecified atom stereocenters. The van der Waals surface area contributed by atoms with Gasteiger partial charge in [0.2, 0.25) is 5.16 Å². The minimum Gasteiger partial charge on any atom is -0.493 e. The van der Waals surface area contributed by atoms with Crippen molar-refractivity contribution in [1.82, 2.24) is 14.9 Å². The monoisotopic (exact) mass is 402 g/mol. The van der Waals surface area contributed by atoms with Crippen LogP contribution in [0.4, 0.5) is 0 Å². The average molecular weight is 403 g/mol. The van der Waals surface area contributed by atoms with Crippen LogP contribution in [0.15, 0.2) is 77.2 Å². The Kier molecular flexibility index (Phi) is 5.91. The van der Waals surface area contributed by atoms with Gasteiger partial charge >= 0.3 is 0 Å². The van der Waals surface area contributed by atoms with Gasteiger partial charge in [-0.1, -0.05) is 71.9 Å². The van der Waals surface area contributed by atoms with Gasteiger partial charge in [-0.25, -0.2) is 0 Å². The molecule has 4 rings (SSSR count). The van der Waals surface area contributed by atoms with Crippen LogP contribution < -0.4 is 4.74 Å². The molecule has 6 heteroatoms. The third-order valence-electron chi connectivity index (χ3n) is 4.53. The van der Waals surface area contributed by atoms with Crippen molar-refractivity contribution in [3.8, 4) is 5.75 Å². The van der Waals surface area contributed by atoms with E-state index in [0.717, 1.165) is 33.0 Å². The molecule has 1 aromatic heterocycles. The summed E-state index contributed by atoms with van der Waals surface area (Å²) in [4.78, 5) is 0. The molecule has 0 saturated carbocycles. The van der Waals surface area contributed by atoms with E-state index in [9.17, 15) is 0 Å². The molecule has 0 aliphatic rings. The minimum atomic E-state index is 0.601. The number of aryl methyl sites for hydroxylation is 1. The van der Waals surface area contributed by atoms with Gasteiger partial charge in [-0.2, -0.15) is 9.78 Å². The zero-order valence-electron chi connectivity index (χ0n) is 16.4. The number of nitrogens with zero attached hydrogens (tertiary/aromatic N) is 4. The van der Waals surface area contributed by atoms with Crippen LogP contribution in [-0.4, -0.2) is 27.7 Å². The quantitative estimate of drug-likeness (QED) is 0.310. The summed E-state index contributed by atoms with van der Waals surface area (Å²) in [5, 5.41) is 15.9. The third kappa shape index (κ3) is 4.49. The normalized spacial score (nSPS) is 11.4. The van der Waals surface area contributed by atoms with E-state index in [1.807, 2.05) is 31.3 Å². The molecule has 0 saturated heterocycles. The maximum Gasteiger partial charge on any atom is 0.212 e. The SMILES string of the molecule is CCOc1ccc2ccccc2c1/C=N/n1cnnc1SCc1ccc(C)cc1. The Morgan fingerprint density at radius 3 is 2.72 bits per heavy atom. The first-order valence-electron chi connectivity index (χ1n) is 9.52. The van der Waals surface area contributed by atoms with Gasteiger partial charge in [0.1, 0.15) is 12.1 Å². The second kappa shape index (κ2) is 8.92. The molecule has 0 aliphatic carbocycles. The molecular formula is C23H22N4OS. The zero-order valence-corrected chi connectivity index (χ0v) is 17.3. The molecule has 0 spiro atoms. The van der Waals surface area contributed by atoms with Crippen LogP contribution in [0.25, 0.3) is 10.8 Å². The Hall–Kier alpha value is -3.12. The van der Waals surface area contributed by atoms with Gasteiger partial charge in [0.05, 0.1) is 12.8 Å². The maximum atomic E-state index is 5.82. The fourth-order valence-electron chi connectivity index (χ4n) is 3.04. The number of thioether (sulfide) groups is 1. The summed E-state index contributed by atoms with van der Waals surface area (Å²) >= 11 is 1.61. The lowest BCUT2D eigenvalue weighted by atomic mass is 10.0. The standard InChI is InChI=1S/C23H22N4OS/c1-3-28-22-13-12-19-6-4-5-7-20(19)21(22)14-25-27-16-24-26-23(27)29-15-18-10-8-17(2)9-11-18/h4-14,16H,3,15H2,1-2H3/b25-14+. The first kappa shape index (κ1) is 19.2. The highest BCUT2D eigenvalue weighted by atomic mass is 32.2. The summed E-state index contributed by atoms with van der Waals surface area (Å²) in [7, 11) is 0. The third-order valence-corrected chi connectivity index (χ3v) is 5.54. The van der Waals surface area contributed by atoms with Crippen LogP contribution in [-0.2, 0) is 5.75 Å². The highest BCUT2D eigenvalue weighted by Crippen LogP contribution is 2.27. The van der Waals surface area contributed by atoms with Gasteiger partial charge in [-0.15, -0.1) is 10.2 Å². The second-order valence-corrected chi connectivity index (χ2v) is 7.55. The van der Waals surface area contributed by atoms with Crippen molar-refractivity contribution in [3.63, 3.8) is 0 Å². The van der Waals surface area contributed by atoms with E-state index in [-0.39, 0.29) is 0 Å². The van der Waals surface area contributed by atoms with E-state index in [1.54, 1.807) is 22.8 Å². The molecule has 29 heavy (non-hydrogen) atoms. The van der Waals surface area contributed by atoms with E-state index >= 15 is 0 Å². The minimum absolute atomic E-state index is 0.601. The van der Waals surface area contributed by atoms with Gasteiger partial charge in [0.15, 0.2) is 0 Å². The molecule has 0 bridgehead atoms. The lowest BCUT2D eigenvalue weighted by Gasteiger charge is -2.10. The Morgan fingerprint density at radius 2 is 1.90 bits per heavy atom. The number of hydrogen-bond donors (Lipinski definition) is 0. The summed E-state index contributed by atoms with van der Waals surface area (Å²) in [6, 6.07) is 20.8. The van der Waals surface area contributed by atoms with Crippen molar-refractivity contribution >= 4 is 28.7 Å². The van der Waals surface area contributed by atoms with Crippen molar-refractivity contribution < 1.29 is 4.74 Å². The Bertz CT molecular complexity index is 1140. The van der Waals surface area contributed by atoms with E-state index in [2.05, 4.69) is 64.7 Å². The Balaban J connectivity index is 1.59. The number of hydrogen-bond acceptors (Lipinski definition) is 5. The van der Waals surface area contributed by atoms with Crippen molar-refractivity contribution in [2.45, 2.75) is 24.8 Å². The molecule has 4 aromatic rings. The van der Waals surface area contributed by atoms with Crippen molar-refractivity contribution in [2.75, 3.05) is 6.61 Å². The second-order valence-electron chi connectivity index (χ2n) is 6.61. The van der Waals surface area contributed by atoms with Crippen molar-refractivity contribution in [3.05, 3.63) is 83.7 Å². The molecular weight excluding hydrogens is 380 g/mol. The predicted octanol–water partition coefficient (Wildman–Crippen LogP) is 5.31. The maximum absolute atomic E-state index is 5.82. The summed E-state index contributed by atoms with van der Waals surface area (Å²) in [6.07, 6.45) is 3.45. The molecule has 146 valence electrons. The molecule has 0 N–H and O–H groups in total. The summed E-state index contributed by atoms with van der Waals surface area (Å²) < 4.78 is 7.53. The molecule has 0 fully saturated rings. The van der Waals surface area contributed by atoms with Crippen LogP contribution in [0.5, 0.6) is 5.75 Å². The Morgan fingerprint density at radius 1 is 1.07 bits per heavy atom. The zero-order chi connectivity index (χ0) is 20.1. The first-order chi connectivity index (χ1) is 14.2. The highest BCUT2D eigenvalue weighted by molar-refractivity contribution is 7.98. The average Bonchev–Trinajstić information content (AvgIpc) is 3.20. The lowest BCUT2D eigenvalue weighted by Crippen LogP contribution is -1.99. The van der Waals surface area contributed by atoms with E-state index < -0.39 is 0 Å². The van der Waals surface area contributed by atoms with E-state index in [0.29, 0.717) is 6.61 Å². The van der Waals surface area contributed by atoms with Gasteiger partial charge < -0.3 is 4.74 Å². The van der Waals surface area contributed by atoms with Gasteiger partial charge in [-0.05, 0) is 36.2 Å². The van der Waals surface area contributed by atoms with Crippen LogP contribution in [0.3, 0.4) is 0 Å². The van der Waals surface area contributed by atoms with Crippen LogP contribution in [0, 0.1) is 6.92 Å². The molecule has 0 aliphatic heterocycles. The van der Waals surface area contributed by atoms with E-state index in [4.69, 9.17) is 4.74 Å². The number of benzene rings is 3. The molecule has 0 atom stereocenters. The fraction of sp³-hybridized carbons (Fsp3) is 0.174. The fourth-order valence-corrected chi connectivity index (χ4v) is 3.86. The number of rotatable bonds is 7. The summed E-state index contributed by atoms with van der Waals surface area (Å²) in [5.74, 6) is 1.63. The first-order valence-corrected chi connectivity index (χ1v) is 10.5.